The van der Waals surface area contributed by atoms with Crippen LogP contribution in [-0.2, 0) is 43.3 Å². The molecule has 3 aromatic heterocycles. The van der Waals surface area contributed by atoms with Crippen molar-refractivity contribution in [1.29, 1.82) is 0 Å². The average Bonchev–Trinajstić information content (AvgIpc) is 1.51. The zero-order chi connectivity index (χ0) is 71.7. The number of hydrogen-bond acceptors (Lipinski definition) is 3. The molecule has 0 saturated carbocycles. The van der Waals surface area contributed by atoms with Crippen LogP contribution < -0.4 is 21.4 Å². The predicted molar refractivity (Wildman–Crippen MR) is 425 cm³/mol. The number of nitrogens with zero attached hydrogens (tertiary/aromatic N) is 5. The maximum absolute atomic E-state index is 9.39. The van der Waals surface area contributed by atoms with E-state index in [1.54, 1.807) is 0 Å². The molecule has 7 heterocycles. The summed E-state index contributed by atoms with van der Waals surface area (Å²) in [6.07, 6.45) is 4.50. The van der Waals surface area contributed by atoms with Crippen molar-refractivity contribution in [1.82, 2.24) is 10.6 Å². The number of H-pyrrole nitrogens is 1. The van der Waals surface area contributed by atoms with Gasteiger partial charge in [-0.2, -0.15) is 0 Å². The fourth-order valence-electron chi connectivity index (χ4n) is 13.6. The van der Waals surface area contributed by atoms with E-state index in [1.165, 1.54) is 44.5 Å². The molecule has 6 nitrogen and oxygen atoms in total. The number of halogens is 2. The topological polar surface area (TPSA) is 62.7 Å². The number of benzene rings is 5. The molecule has 1 N–H and O–H groups in total. The number of rotatable bonds is 5. The standard InChI is InChI=1S/C88H104N6Si.2ClH.Sn/c1-81(2,3)58-40-54(41-59(48-58)82(4,5)6)72-66-32-33-67(89-66)73(55-42-60(83(7,8)9)49-61(43-55)84(10,11)12)69-35-37-71(91-69)75(57-46-64(87(19,20)21)51-65(47-57)88(22,23)24)77-79-78(93-80(94-79)53-30-28-52(29-31-53)38-39-95(25,26)27)76(92-77)74(70-36-34-68(72)90-70)56-44-62(85(13,14)15)50-63(45-56)86(16,17)18;;;/h28-37,40-51,92H,1-27H3;2*1H;/q-2;;;+4/p-2. The summed E-state index contributed by atoms with van der Waals surface area (Å²) in [6.45, 7) is 62.5. The molecule has 8 aromatic rings. The third kappa shape index (κ3) is 13.4. The van der Waals surface area contributed by atoms with Crippen molar-refractivity contribution in [2.45, 2.75) is 229 Å². The van der Waals surface area contributed by atoms with Gasteiger partial charge in [0.05, 0.1) is 0 Å². The quantitative estimate of drug-likeness (QED) is 0.132. The molecule has 6 bridgehead atoms. The first-order valence-corrected chi connectivity index (χ1v) is 48.6. The van der Waals surface area contributed by atoms with Gasteiger partial charge in [-0.15, -0.1) is 5.54 Å². The van der Waals surface area contributed by atoms with Gasteiger partial charge in [0.15, 0.2) is 0 Å². The molecule has 12 rings (SSSR count). The third-order valence-electron chi connectivity index (χ3n) is 19.9. The van der Waals surface area contributed by atoms with Crippen LogP contribution in [0.15, 0.2) is 154 Å². The van der Waals surface area contributed by atoms with Crippen LogP contribution in [0, 0.1) is 11.5 Å². The van der Waals surface area contributed by atoms with Gasteiger partial charge in [-0.1, -0.05) is 19.6 Å². The number of allylic oxidation sites excluding steroid dienone is 2. The minimum absolute atomic E-state index is 0.199. The van der Waals surface area contributed by atoms with Crippen molar-refractivity contribution in [3.05, 3.63) is 256 Å². The first kappa shape index (κ1) is 71.2. The Morgan fingerprint density at radius 3 is 1.15 bits per heavy atom. The normalized spacial score (nSPS) is 15.9. The molecular weight excluding hydrogens is 1360 g/mol. The zero-order valence-electron chi connectivity index (χ0n) is 63.7. The average molecular weight is 1460 g/mol. The van der Waals surface area contributed by atoms with Crippen LogP contribution in [0.5, 0.6) is 0 Å². The van der Waals surface area contributed by atoms with Gasteiger partial charge in [-0.25, -0.2) is 0 Å². The van der Waals surface area contributed by atoms with Gasteiger partial charge in [-0.05, 0) is 0 Å². The van der Waals surface area contributed by atoms with E-state index in [0.717, 1.165) is 111 Å². The Bertz CT molecular complexity index is 5010. The van der Waals surface area contributed by atoms with Gasteiger partial charge in [0, 0.05) is 0 Å². The maximum atomic E-state index is 9.39. The molecule has 0 aliphatic carbocycles. The van der Waals surface area contributed by atoms with Crippen LogP contribution >= 0.6 is 17.8 Å². The summed E-state index contributed by atoms with van der Waals surface area (Å²) in [4.78, 5) is 22.0. The number of hydrogen-bond donors (Lipinski definition) is 1. The van der Waals surface area contributed by atoms with Gasteiger partial charge in [0.25, 0.3) is 0 Å². The molecule has 0 saturated heterocycles. The molecule has 0 amide bonds. The molecular formula is C88H104Cl2N6SiSn. The number of fused-ring (bicyclic) bond motifs is 6. The number of aliphatic imine (C=N–C) groups is 2. The Hall–Kier alpha value is -6.67. The van der Waals surface area contributed by atoms with E-state index in [9.17, 15) is 17.8 Å². The number of amidine groups is 1. The molecule has 98 heavy (non-hydrogen) atoms. The van der Waals surface area contributed by atoms with Crippen LogP contribution in [0.1, 0.15) is 261 Å². The number of aromatic nitrogens is 3. The fraction of sp³-hybridized carbons (Fsp3) is 0.398. The molecule has 508 valence electrons. The Morgan fingerprint density at radius 2 is 0.755 bits per heavy atom. The van der Waals surface area contributed by atoms with Gasteiger partial charge in [0.1, 0.15) is 8.07 Å². The van der Waals surface area contributed by atoms with Gasteiger partial charge in [-0.3, -0.25) is 0 Å². The summed E-state index contributed by atoms with van der Waals surface area (Å²) < 4.78 is 4.89. The Morgan fingerprint density at radius 1 is 0.388 bits per heavy atom. The SMILES string of the molecule is CC(C)(C)c1cc(C2=C3C=CC(=N3)C(c3cc(C(C)(C)C)cc(C(C)(C)C)c3)=c3ccc4[n]3[Sn]([Cl])([Cl])[n]3c2ccc3C(c2cc(C(C)(C)C)cc(C(C)(C)C)c2)=c2[nH]c(c3c2=NC(c2ccc(C#C[Si](C)(C)C)cc2)=N3)C=4c2cc(C(C)(C)C)cc(C(C)(C)C)c2)cc(C(C)(C)C)c1. The second-order valence-corrected chi connectivity index (χ2v) is 56.1. The molecule has 4 aliphatic heterocycles. The second kappa shape index (κ2) is 23.7. The van der Waals surface area contributed by atoms with Crippen molar-refractivity contribution in [2.75, 3.05) is 0 Å². The predicted octanol–water partition coefficient (Wildman–Crippen LogP) is 20.0. The van der Waals surface area contributed by atoms with Crippen LogP contribution in [0.3, 0.4) is 0 Å². The van der Waals surface area contributed by atoms with E-state index in [-0.39, 0.29) is 43.3 Å². The van der Waals surface area contributed by atoms with E-state index in [0.29, 0.717) is 5.84 Å². The summed E-state index contributed by atoms with van der Waals surface area (Å²) in [5.41, 5.74) is 26.6. The zero-order valence-corrected chi connectivity index (χ0v) is 69.1. The first-order valence-electron chi connectivity index (χ1n) is 35.3. The third-order valence-corrected chi connectivity index (χ3v) is 31.1. The molecule has 0 radical (unpaired) electrons. The number of nitrogens with one attached hydrogen (secondary N) is 1. The Balaban J connectivity index is 1.40. The minimum atomic E-state index is -5.68. The second-order valence-electron chi connectivity index (χ2n) is 37.5. The van der Waals surface area contributed by atoms with E-state index in [1.807, 2.05) is 0 Å². The van der Waals surface area contributed by atoms with Crippen molar-refractivity contribution in [2.24, 2.45) is 15.0 Å². The van der Waals surface area contributed by atoms with Crippen LogP contribution in [-0.4, -0.2) is 46.9 Å². The summed E-state index contributed by atoms with van der Waals surface area (Å²) in [5, 5.41) is 3.38. The van der Waals surface area contributed by atoms with Crippen molar-refractivity contribution in [3.8, 4) is 11.5 Å². The van der Waals surface area contributed by atoms with Crippen molar-refractivity contribution in [3.63, 3.8) is 0 Å². The molecule has 5 aromatic carbocycles. The molecule has 0 unspecified atom stereocenters. The Labute approximate surface area is 599 Å². The van der Waals surface area contributed by atoms with E-state index in [2.05, 4.69) is 341 Å². The van der Waals surface area contributed by atoms with Gasteiger partial charge < -0.3 is 0 Å². The summed E-state index contributed by atoms with van der Waals surface area (Å²) in [7, 11) is 17.1. The molecule has 4 aliphatic rings. The molecule has 0 fully saturated rings. The molecule has 0 atom stereocenters. The number of aromatic amines is 1. The summed E-state index contributed by atoms with van der Waals surface area (Å²) >= 11 is -5.68. The van der Waals surface area contributed by atoms with Crippen LogP contribution in [0.25, 0.3) is 22.3 Å². The van der Waals surface area contributed by atoms with Gasteiger partial charge >= 0.3 is 571 Å². The molecule has 10 heteroatoms. The van der Waals surface area contributed by atoms with E-state index < -0.39 is 24.7 Å². The first-order chi connectivity index (χ1) is 45.0. The van der Waals surface area contributed by atoms with E-state index in [4.69, 9.17) is 15.0 Å². The summed E-state index contributed by atoms with van der Waals surface area (Å²) in [5.74, 6) is 4.14. The van der Waals surface area contributed by atoms with Crippen LogP contribution in [0.4, 0.5) is 5.69 Å². The van der Waals surface area contributed by atoms with E-state index >= 15 is 0 Å². The monoisotopic (exact) mass is 1460 g/mol. The van der Waals surface area contributed by atoms with Crippen molar-refractivity contribution >= 4 is 82.1 Å². The summed E-state index contributed by atoms with van der Waals surface area (Å²) in [6, 6.07) is 46.7. The van der Waals surface area contributed by atoms with Gasteiger partial charge in [0.2, 0.25) is 0 Å². The van der Waals surface area contributed by atoms with Crippen LogP contribution in [0.2, 0.25) is 19.6 Å². The van der Waals surface area contributed by atoms with Crippen molar-refractivity contribution < 1.29 is 0 Å². The Kier molecular flexibility index (Phi) is 17.2. The fourth-order valence-corrected chi connectivity index (χ4v) is 25.0. The molecule has 0 spiro atoms.